The van der Waals surface area contributed by atoms with Crippen LogP contribution in [0, 0.1) is 0 Å². The number of amides is 1. The molecule has 0 unspecified atom stereocenters. The molecule has 1 fully saturated rings. The minimum absolute atomic E-state index is 0.00681. The summed E-state index contributed by atoms with van der Waals surface area (Å²) in [6.45, 7) is 0.549. The highest BCUT2D eigenvalue weighted by Gasteiger charge is 2.44. The molecule has 0 radical (unpaired) electrons. The fraction of sp³-hybridized carbons (Fsp3) is 0.250. The molecule has 1 aromatic carbocycles. The molecule has 0 saturated heterocycles. The van der Waals surface area contributed by atoms with E-state index < -0.39 is 5.97 Å². The van der Waals surface area contributed by atoms with Crippen LogP contribution in [0.15, 0.2) is 36.4 Å². The van der Waals surface area contributed by atoms with Gasteiger partial charge in [-0.25, -0.2) is 4.79 Å². The van der Waals surface area contributed by atoms with Gasteiger partial charge in [0.25, 0.3) is 5.91 Å². The second kappa shape index (κ2) is 5.74. The molecule has 4 nitrogen and oxygen atoms in total. The van der Waals surface area contributed by atoms with Crippen molar-refractivity contribution in [1.29, 1.82) is 0 Å². The molecule has 1 aliphatic carbocycles. The maximum Gasteiger partial charge on any atom is 0.345 e. The number of hydrogen-bond donors (Lipinski definition) is 2. The predicted octanol–water partition coefficient (Wildman–Crippen LogP) is 3.56. The van der Waals surface area contributed by atoms with E-state index >= 15 is 0 Å². The first kappa shape index (κ1) is 15.1. The normalized spacial score (nSPS) is 15.3. The minimum atomic E-state index is -1.01. The minimum Gasteiger partial charge on any atom is -0.477 e. The molecule has 1 amide bonds. The van der Waals surface area contributed by atoms with E-state index in [1.807, 2.05) is 24.3 Å². The van der Waals surface area contributed by atoms with Gasteiger partial charge in [-0.3, -0.25) is 4.79 Å². The highest BCUT2D eigenvalue weighted by molar-refractivity contribution is 7.15. The molecule has 1 aromatic heterocycles. The quantitative estimate of drug-likeness (QED) is 0.878. The lowest BCUT2D eigenvalue weighted by Crippen LogP contribution is -2.31. The predicted molar refractivity (Wildman–Crippen MR) is 86.0 cm³/mol. The number of halogens is 1. The first-order valence-electron chi connectivity index (χ1n) is 6.88. The van der Waals surface area contributed by atoms with Crippen molar-refractivity contribution < 1.29 is 14.7 Å². The van der Waals surface area contributed by atoms with Crippen molar-refractivity contribution in [1.82, 2.24) is 5.32 Å². The summed E-state index contributed by atoms with van der Waals surface area (Å²) in [4.78, 5) is 23.6. The Kier molecular flexibility index (Phi) is 3.93. The summed E-state index contributed by atoms with van der Waals surface area (Å²) in [6, 6.07) is 10.7. The van der Waals surface area contributed by atoms with Crippen molar-refractivity contribution in [2.45, 2.75) is 18.3 Å². The fourth-order valence-electron chi connectivity index (χ4n) is 2.43. The number of rotatable bonds is 5. The Hall–Kier alpha value is -1.85. The van der Waals surface area contributed by atoms with Gasteiger partial charge >= 0.3 is 5.97 Å². The highest BCUT2D eigenvalue weighted by atomic mass is 35.5. The van der Waals surface area contributed by atoms with Crippen molar-refractivity contribution >= 4 is 34.8 Å². The average Bonchev–Trinajstić information content (AvgIpc) is 3.11. The van der Waals surface area contributed by atoms with Gasteiger partial charge in [-0.1, -0.05) is 23.7 Å². The summed E-state index contributed by atoms with van der Waals surface area (Å²) in [5, 5.41) is 12.5. The fourth-order valence-corrected chi connectivity index (χ4v) is 3.32. The molecular formula is C16H14ClNO3S. The van der Waals surface area contributed by atoms with Crippen LogP contribution in [-0.2, 0) is 5.41 Å². The molecule has 2 aromatic rings. The van der Waals surface area contributed by atoms with Crippen LogP contribution in [0.1, 0.15) is 37.7 Å². The third kappa shape index (κ3) is 3.00. The van der Waals surface area contributed by atoms with Gasteiger partial charge in [0.15, 0.2) is 0 Å². The number of carbonyl (C=O) groups excluding carboxylic acids is 1. The second-order valence-electron chi connectivity index (χ2n) is 5.44. The molecule has 22 heavy (non-hydrogen) atoms. The van der Waals surface area contributed by atoms with Gasteiger partial charge in [-0.2, -0.15) is 0 Å². The van der Waals surface area contributed by atoms with E-state index in [1.165, 1.54) is 11.6 Å². The van der Waals surface area contributed by atoms with Gasteiger partial charge in [0.05, 0.1) is 4.88 Å². The summed E-state index contributed by atoms with van der Waals surface area (Å²) >= 11 is 6.89. The van der Waals surface area contributed by atoms with Crippen LogP contribution in [0.2, 0.25) is 5.02 Å². The number of carboxylic acid groups (broad SMARTS) is 1. The lowest BCUT2D eigenvalue weighted by Gasteiger charge is -2.16. The summed E-state index contributed by atoms with van der Waals surface area (Å²) in [7, 11) is 0. The van der Waals surface area contributed by atoms with Crippen LogP contribution in [0.25, 0.3) is 0 Å². The van der Waals surface area contributed by atoms with Crippen LogP contribution < -0.4 is 5.32 Å². The molecule has 0 atom stereocenters. The molecule has 114 valence electrons. The standard InChI is InChI=1S/C16H14ClNO3S/c17-11-3-1-10(2-4-11)16(7-8-16)9-18-14(19)12-5-6-13(22-12)15(20)21/h1-6H,7-9H2,(H,18,19)(H,20,21). The van der Waals surface area contributed by atoms with E-state index in [1.54, 1.807) is 6.07 Å². The van der Waals surface area contributed by atoms with E-state index in [0.717, 1.165) is 24.2 Å². The molecule has 3 rings (SSSR count). The topological polar surface area (TPSA) is 66.4 Å². The molecule has 1 saturated carbocycles. The van der Waals surface area contributed by atoms with Crippen LogP contribution in [-0.4, -0.2) is 23.5 Å². The Balaban J connectivity index is 1.65. The van der Waals surface area contributed by atoms with Crippen molar-refractivity contribution in [3.63, 3.8) is 0 Å². The van der Waals surface area contributed by atoms with E-state index in [4.69, 9.17) is 16.7 Å². The third-order valence-electron chi connectivity index (χ3n) is 3.94. The molecule has 6 heteroatoms. The van der Waals surface area contributed by atoms with Crippen LogP contribution in [0.3, 0.4) is 0 Å². The van der Waals surface area contributed by atoms with E-state index in [0.29, 0.717) is 16.4 Å². The Labute approximate surface area is 136 Å². The maximum atomic E-state index is 12.1. The number of aromatic carboxylic acids is 1. The molecule has 0 spiro atoms. The SMILES string of the molecule is O=C(O)c1ccc(C(=O)NCC2(c3ccc(Cl)cc3)CC2)s1. The number of benzene rings is 1. The Morgan fingerprint density at radius 1 is 1.14 bits per heavy atom. The third-order valence-corrected chi connectivity index (χ3v) is 5.26. The first-order valence-corrected chi connectivity index (χ1v) is 8.07. The lowest BCUT2D eigenvalue weighted by molar-refractivity contribution is 0.0702. The average molecular weight is 336 g/mol. The summed E-state index contributed by atoms with van der Waals surface area (Å²) in [6.07, 6.45) is 2.06. The molecular weight excluding hydrogens is 322 g/mol. The van der Waals surface area contributed by atoms with Crippen molar-refractivity contribution in [2.24, 2.45) is 0 Å². The number of carbonyl (C=O) groups is 2. The van der Waals surface area contributed by atoms with Crippen LogP contribution >= 0.6 is 22.9 Å². The maximum absolute atomic E-state index is 12.1. The molecule has 1 aliphatic rings. The summed E-state index contributed by atoms with van der Waals surface area (Å²) in [5.74, 6) is -1.23. The van der Waals surface area contributed by atoms with Crippen molar-refractivity contribution in [3.05, 3.63) is 56.7 Å². The zero-order valence-electron chi connectivity index (χ0n) is 11.6. The number of nitrogens with one attached hydrogen (secondary N) is 1. The second-order valence-corrected chi connectivity index (χ2v) is 6.96. The zero-order valence-corrected chi connectivity index (χ0v) is 13.2. The van der Waals surface area contributed by atoms with Gasteiger partial charge in [0.1, 0.15) is 4.88 Å². The summed E-state index contributed by atoms with van der Waals surface area (Å²) < 4.78 is 0. The van der Waals surface area contributed by atoms with Crippen molar-refractivity contribution in [2.75, 3.05) is 6.54 Å². The first-order chi connectivity index (χ1) is 10.5. The number of carboxylic acids is 1. The smallest absolute Gasteiger partial charge is 0.345 e. The Morgan fingerprint density at radius 2 is 1.77 bits per heavy atom. The molecule has 0 aliphatic heterocycles. The van der Waals surface area contributed by atoms with Gasteiger partial charge < -0.3 is 10.4 Å². The Morgan fingerprint density at radius 3 is 2.32 bits per heavy atom. The highest BCUT2D eigenvalue weighted by Crippen LogP contribution is 2.47. The van der Waals surface area contributed by atoms with Gasteiger partial charge in [-0.15, -0.1) is 11.3 Å². The van der Waals surface area contributed by atoms with Gasteiger partial charge in [0.2, 0.25) is 0 Å². The van der Waals surface area contributed by atoms with E-state index in [-0.39, 0.29) is 16.2 Å². The molecule has 1 heterocycles. The molecule has 0 bridgehead atoms. The lowest BCUT2D eigenvalue weighted by atomic mass is 9.96. The van der Waals surface area contributed by atoms with E-state index in [9.17, 15) is 9.59 Å². The monoisotopic (exact) mass is 335 g/mol. The van der Waals surface area contributed by atoms with Crippen molar-refractivity contribution in [3.8, 4) is 0 Å². The zero-order chi connectivity index (χ0) is 15.7. The Bertz CT molecular complexity index is 719. The number of hydrogen-bond acceptors (Lipinski definition) is 3. The van der Waals surface area contributed by atoms with Gasteiger partial charge in [0, 0.05) is 17.0 Å². The largest absolute Gasteiger partial charge is 0.477 e. The van der Waals surface area contributed by atoms with Crippen LogP contribution in [0.5, 0.6) is 0 Å². The number of thiophene rings is 1. The van der Waals surface area contributed by atoms with Crippen LogP contribution in [0.4, 0.5) is 0 Å². The molecule has 2 N–H and O–H groups in total. The van der Waals surface area contributed by atoms with Gasteiger partial charge in [-0.05, 0) is 42.7 Å². The van der Waals surface area contributed by atoms with E-state index in [2.05, 4.69) is 5.32 Å². The summed E-state index contributed by atoms with van der Waals surface area (Å²) in [5.41, 5.74) is 1.17.